The normalized spacial score (nSPS) is 22.1. The summed E-state index contributed by atoms with van der Waals surface area (Å²) in [4.78, 5) is 13.4. The first-order valence-electron chi connectivity index (χ1n) is 5.50. The standard InChI is InChI=1S/C11H19N3O/c1-9(7-12)8-14(2)11(15)6-10-4-3-5-13-10/h9-10,13H,3-6,8H2,1-2H3. The minimum Gasteiger partial charge on any atom is -0.344 e. The molecular weight excluding hydrogens is 190 g/mol. The van der Waals surface area contributed by atoms with Crippen molar-refractivity contribution in [3.8, 4) is 6.07 Å². The van der Waals surface area contributed by atoms with Crippen LogP contribution in [0.5, 0.6) is 0 Å². The van der Waals surface area contributed by atoms with Gasteiger partial charge in [-0.1, -0.05) is 0 Å². The first-order valence-corrected chi connectivity index (χ1v) is 5.50. The summed E-state index contributed by atoms with van der Waals surface area (Å²) in [6, 6.07) is 2.48. The zero-order chi connectivity index (χ0) is 11.3. The molecule has 1 N–H and O–H groups in total. The molecule has 0 spiro atoms. The van der Waals surface area contributed by atoms with Crippen molar-refractivity contribution in [3.63, 3.8) is 0 Å². The summed E-state index contributed by atoms with van der Waals surface area (Å²) in [5, 5.41) is 11.9. The van der Waals surface area contributed by atoms with Gasteiger partial charge in [-0.2, -0.15) is 5.26 Å². The zero-order valence-electron chi connectivity index (χ0n) is 9.49. The van der Waals surface area contributed by atoms with E-state index in [0.29, 0.717) is 19.0 Å². The van der Waals surface area contributed by atoms with Gasteiger partial charge in [0.15, 0.2) is 0 Å². The fourth-order valence-electron chi connectivity index (χ4n) is 1.85. The highest BCUT2D eigenvalue weighted by Crippen LogP contribution is 2.10. The molecule has 0 aliphatic carbocycles. The van der Waals surface area contributed by atoms with Crippen molar-refractivity contribution in [2.75, 3.05) is 20.1 Å². The van der Waals surface area contributed by atoms with Crippen LogP contribution in [0, 0.1) is 17.2 Å². The van der Waals surface area contributed by atoms with Gasteiger partial charge in [0.25, 0.3) is 0 Å². The number of amides is 1. The summed E-state index contributed by atoms with van der Waals surface area (Å²) < 4.78 is 0. The lowest BCUT2D eigenvalue weighted by atomic mass is 10.1. The highest BCUT2D eigenvalue weighted by Gasteiger charge is 2.20. The van der Waals surface area contributed by atoms with Crippen LogP contribution in [0.2, 0.25) is 0 Å². The average molecular weight is 209 g/mol. The highest BCUT2D eigenvalue weighted by atomic mass is 16.2. The third-order valence-electron chi connectivity index (χ3n) is 2.78. The number of hydrogen-bond donors (Lipinski definition) is 1. The Bertz CT molecular complexity index is 253. The van der Waals surface area contributed by atoms with Crippen molar-refractivity contribution in [2.24, 2.45) is 5.92 Å². The summed E-state index contributed by atoms with van der Waals surface area (Å²) in [5.74, 6) is 0.0481. The molecular formula is C11H19N3O. The Kier molecular flexibility index (Phi) is 4.57. The van der Waals surface area contributed by atoms with Crippen molar-refractivity contribution in [2.45, 2.75) is 32.2 Å². The summed E-state index contributed by atoms with van der Waals surface area (Å²) in [7, 11) is 1.77. The van der Waals surface area contributed by atoms with Crippen LogP contribution < -0.4 is 5.32 Å². The maximum Gasteiger partial charge on any atom is 0.223 e. The van der Waals surface area contributed by atoms with Crippen molar-refractivity contribution < 1.29 is 4.79 Å². The Labute approximate surface area is 91.2 Å². The second-order valence-corrected chi connectivity index (χ2v) is 4.30. The molecule has 2 unspecified atom stereocenters. The lowest BCUT2D eigenvalue weighted by molar-refractivity contribution is -0.130. The maximum atomic E-state index is 11.7. The Morgan fingerprint density at radius 2 is 2.47 bits per heavy atom. The van der Waals surface area contributed by atoms with Crippen LogP contribution in [-0.4, -0.2) is 37.0 Å². The van der Waals surface area contributed by atoms with Gasteiger partial charge in [-0.05, 0) is 26.3 Å². The van der Waals surface area contributed by atoms with E-state index in [9.17, 15) is 4.79 Å². The molecule has 0 aromatic carbocycles. The Morgan fingerprint density at radius 1 is 1.73 bits per heavy atom. The molecule has 0 radical (unpaired) electrons. The van der Waals surface area contributed by atoms with Crippen LogP contribution in [0.15, 0.2) is 0 Å². The number of carbonyl (C=O) groups excluding carboxylic acids is 1. The van der Waals surface area contributed by atoms with Crippen LogP contribution >= 0.6 is 0 Å². The molecule has 4 nitrogen and oxygen atoms in total. The molecule has 1 heterocycles. The van der Waals surface area contributed by atoms with Gasteiger partial charge in [-0.25, -0.2) is 0 Å². The molecule has 1 rings (SSSR count). The van der Waals surface area contributed by atoms with Gasteiger partial charge >= 0.3 is 0 Å². The van der Waals surface area contributed by atoms with E-state index in [-0.39, 0.29) is 11.8 Å². The number of nitrogens with zero attached hydrogens (tertiary/aromatic N) is 2. The van der Waals surface area contributed by atoms with Crippen LogP contribution in [0.4, 0.5) is 0 Å². The summed E-state index contributed by atoms with van der Waals surface area (Å²) in [6.07, 6.45) is 2.82. The van der Waals surface area contributed by atoms with E-state index in [1.54, 1.807) is 11.9 Å². The van der Waals surface area contributed by atoms with Gasteiger partial charge in [-0.15, -0.1) is 0 Å². The van der Waals surface area contributed by atoms with Gasteiger partial charge in [0.2, 0.25) is 5.91 Å². The monoisotopic (exact) mass is 209 g/mol. The van der Waals surface area contributed by atoms with Gasteiger partial charge in [0.1, 0.15) is 0 Å². The molecule has 2 atom stereocenters. The van der Waals surface area contributed by atoms with Crippen LogP contribution in [-0.2, 0) is 4.79 Å². The molecule has 1 fully saturated rings. The molecule has 0 aromatic heterocycles. The fraction of sp³-hybridized carbons (Fsp3) is 0.818. The predicted octanol–water partition coefficient (Wildman–Crippen LogP) is 0.747. The first-order chi connectivity index (χ1) is 7.13. The molecule has 15 heavy (non-hydrogen) atoms. The number of nitrogens with one attached hydrogen (secondary N) is 1. The molecule has 1 aliphatic heterocycles. The van der Waals surface area contributed by atoms with E-state index in [4.69, 9.17) is 5.26 Å². The minimum atomic E-state index is -0.0875. The van der Waals surface area contributed by atoms with E-state index < -0.39 is 0 Å². The third kappa shape index (κ3) is 3.88. The molecule has 0 bridgehead atoms. The SMILES string of the molecule is CC(C#N)CN(C)C(=O)CC1CCCN1. The van der Waals surface area contributed by atoms with Crippen LogP contribution in [0.25, 0.3) is 0 Å². The number of hydrogen-bond acceptors (Lipinski definition) is 3. The molecule has 1 saturated heterocycles. The van der Waals surface area contributed by atoms with E-state index in [1.165, 1.54) is 0 Å². The molecule has 4 heteroatoms. The minimum absolute atomic E-state index is 0.0875. The van der Waals surface area contributed by atoms with Crippen molar-refractivity contribution >= 4 is 5.91 Å². The topological polar surface area (TPSA) is 56.1 Å². The lowest BCUT2D eigenvalue weighted by Crippen LogP contribution is -2.35. The van der Waals surface area contributed by atoms with Gasteiger partial charge in [0, 0.05) is 26.1 Å². The number of rotatable bonds is 4. The van der Waals surface area contributed by atoms with Crippen LogP contribution in [0.1, 0.15) is 26.2 Å². The van der Waals surface area contributed by atoms with E-state index >= 15 is 0 Å². The van der Waals surface area contributed by atoms with Crippen molar-refractivity contribution in [3.05, 3.63) is 0 Å². The first kappa shape index (κ1) is 12.0. The molecule has 0 saturated carbocycles. The van der Waals surface area contributed by atoms with E-state index in [1.807, 2.05) is 6.92 Å². The molecule has 1 aliphatic rings. The Balaban J connectivity index is 2.29. The fourth-order valence-corrected chi connectivity index (χ4v) is 1.85. The molecule has 84 valence electrons. The highest BCUT2D eigenvalue weighted by molar-refractivity contribution is 5.76. The van der Waals surface area contributed by atoms with Gasteiger partial charge in [-0.3, -0.25) is 4.79 Å². The number of nitriles is 1. The molecule has 1 amide bonds. The quantitative estimate of drug-likeness (QED) is 0.743. The summed E-state index contributed by atoms with van der Waals surface area (Å²) in [5.41, 5.74) is 0. The van der Waals surface area contributed by atoms with Crippen LogP contribution in [0.3, 0.4) is 0 Å². The summed E-state index contributed by atoms with van der Waals surface area (Å²) >= 11 is 0. The zero-order valence-corrected chi connectivity index (χ0v) is 9.49. The maximum absolute atomic E-state index is 11.7. The smallest absolute Gasteiger partial charge is 0.223 e. The second kappa shape index (κ2) is 5.72. The molecule has 0 aromatic rings. The van der Waals surface area contributed by atoms with Crippen molar-refractivity contribution in [1.29, 1.82) is 5.26 Å². The van der Waals surface area contributed by atoms with E-state index in [2.05, 4.69) is 11.4 Å². The Morgan fingerprint density at radius 3 is 3.00 bits per heavy atom. The Hall–Kier alpha value is -1.08. The largest absolute Gasteiger partial charge is 0.344 e. The van der Waals surface area contributed by atoms with E-state index in [0.717, 1.165) is 19.4 Å². The van der Waals surface area contributed by atoms with Gasteiger partial charge < -0.3 is 10.2 Å². The second-order valence-electron chi connectivity index (χ2n) is 4.30. The van der Waals surface area contributed by atoms with Gasteiger partial charge in [0.05, 0.1) is 12.0 Å². The average Bonchev–Trinajstić information content (AvgIpc) is 2.70. The van der Waals surface area contributed by atoms with Crippen molar-refractivity contribution in [1.82, 2.24) is 10.2 Å². The summed E-state index contributed by atoms with van der Waals surface area (Å²) in [6.45, 7) is 3.38. The predicted molar refractivity (Wildman–Crippen MR) is 58.1 cm³/mol. The number of carbonyl (C=O) groups is 1. The third-order valence-corrected chi connectivity index (χ3v) is 2.78. The lowest BCUT2D eigenvalue weighted by Gasteiger charge is -2.20.